The molecule has 2 amide bonds. The van der Waals surface area contributed by atoms with Gasteiger partial charge in [-0.15, -0.1) is 0 Å². The monoisotopic (exact) mass is 323 g/mol. The SMILES string of the molecule is O=C1[C@@H]2[C@@H]3C=C[C@H]([C@@H]4C[C@H]34)[C@H]2C(=O)N1C12CC3CC(CC(C3)C1)C2. The predicted octanol–water partition coefficient (Wildman–Crippen LogP) is 3.01. The summed E-state index contributed by atoms with van der Waals surface area (Å²) in [6.07, 6.45) is 13.3. The fourth-order valence-corrected chi connectivity index (χ4v) is 8.76. The molecule has 0 aromatic carbocycles. The molecule has 126 valence electrons. The molecule has 1 saturated heterocycles. The van der Waals surface area contributed by atoms with Crippen LogP contribution in [0.15, 0.2) is 12.2 Å². The van der Waals surface area contributed by atoms with E-state index in [9.17, 15) is 9.59 Å². The van der Waals surface area contributed by atoms with Crippen molar-refractivity contribution in [2.45, 2.75) is 50.5 Å². The van der Waals surface area contributed by atoms with Gasteiger partial charge in [0.2, 0.25) is 11.8 Å². The van der Waals surface area contributed by atoms with E-state index in [2.05, 4.69) is 12.2 Å². The summed E-state index contributed by atoms with van der Waals surface area (Å²) in [5.74, 6) is 5.00. The highest BCUT2D eigenvalue weighted by Gasteiger charge is 2.70. The van der Waals surface area contributed by atoms with Gasteiger partial charge in [-0.25, -0.2) is 0 Å². The third-order valence-corrected chi connectivity index (χ3v) is 9.14. The molecule has 6 atom stereocenters. The molecule has 8 aliphatic carbocycles. The second-order valence-electron chi connectivity index (χ2n) is 10.3. The van der Waals surface area contributed by atoms with E-state index in [4.69, 9.17) is 0 Å². The van der Waals surface area contributed by atoms with Crippen molar-refractivity contribution in [1.82, 2.24) is 4.90 Å². The smallest absolute Gasteiger partial charge is 0.234 e. The molecule has 24 heavy (non-hydrogen) atoms. The van der Waals surface area contributed by atoms with Crippen molar-refractivity contribution in [3.05, 3.63) is 12.2 Å². The first-order chi connectivity index (χ1) is 11.6. The van der Waals surface area contributed by atoms with Crippen LogP contribution in [0.5, 0.6) is 0 Å². The molecule has 0 aromatic heterocycles. The van der Waals surface area contributed by atoms with Crippen LogP contribution in [0.25, 0.3) is 0 Å². The lowest BCUT2D eigenvalue weighted by molar-refractivity contribution is -0.159. The van der Waals surface area contributed by atoms with Crippen LogP contribution in [0.4, 0.5) is 0 Å². The Morgan fingerprint density at radius 1 is 0.750 bits per heavy atom. The zero-order valence-electron chi connectivity index (χ0n) is 14.1. The summed E-state index contributed by atoms with van der Waals surface area (Å²) in [5, 5.41) is 0. The zero-order chi connectivity index (χ0) is 15.8. The summed E-state index contributed by atoms with van der Waals surface area (Å²) in [4.78, 5) is 28.9. The highest BCUT2D eigenvalue weighted by atomic mass is 16.2. The van der Waals surface area contributed by atoms with Crippen molar-refractivity contribution in [3.63, 3.8) is 0 Å². The first kappa shape index (κ1) is 13.1. The molecule has 0 unspecified atom stereocenters. The Morgan fingerprint density at radius 3 is 1.67 bits per heavy atom. The maximum Gasteiger partial charge on any atom is 0.234 e. The van der Waals surface area contributed by atoms with Crippen molar-refractivity contribution >= 4 is 11.8 Å². The van der Waals surface area contributed by atoms with Gasteiger partial charge in [-0.1, -0.05) is 12.2 Å². The summed E-state index contributed by atoms with van der Waals surface area (Å²) in [6, 6.07) is 0. The molecule has 9 rings (SSSR count). The second-order valence-corrected chi connectivity index (χ2v) is 10.3. The van der Waals surface area contributed by atoms with E-state index in [-0.39, 0.29) is 29.2 Å². The summed E-state index contributed by atoms with van der Waals surface area (Å²) < 4.78 is 0. The number of hydrogen-bond donors (Lipinski definition) is 0. The molecule has 0 radical (unpaired) electrons. The maximum absolute atomic E-state index is 13.5. The van der Waals surface area contributed by atoms with E-state index in [0.717, 1.165) is 37.0 Å². The van der Waals surface area contributed by atoms with E-state index < -0.39 is 0 Å². The number of hydrogen-bond acceptors (Lipinski definition) is 2. The Kier molecular flexibility index (Phi) is 2.10. The molecule has 7 fully saturated rings. The largest absolute Gasteiger partial charge is 0.276 e. The number of imide groups is 1. The number of allylic oxidation sites excluding steroid dienone is 2. The van der Waals surface area contributed by atoms with Gasteiger partial charge < -0.3 is 0 Å². The van der Waals surface area contributed by atoms with Crippen LogP contribution in [0.2, 0.25) is 0 Å². The van der Waals surface area contributed by atoms with Gasteiger partial charge in [-0.05, 0) is 86.4 Å². The Bertz CT molecular complexity index is 637. The average molecular weight is 323 g/mol. The lowest BCUT2D eigenvalue weighted by Gasteiger charge is -2.59. The molecule has 1 heterocycles. The number of amides is 2. The quantitative estimate of drug-likeness (QED) is 0.549. The van der Waals surface area contributed by atoms with Crippen LogP contribution in [0.3, 0.4) is 0 Å². The third kappa shape index (κ3) is 1.33. The lowest BCUT2D eigenvalue weighted by Crippen LogP contribution is -2.62. The molecule has 6 bridgehead atoms. The first-order valence-corrected chi connectivity index (χ1v) is 10.2. The summed E-state index contributed by atoms with van der Waals surface area (Å²) in [7, 11) is 0. The standard InChI is InChI=1S/C21H25NO2/c23-19-17-13-1-2-14(16-6-15(13)16)18(17)20(24)22(19)21-7-10-3-11(8-21)5-12(4-10)9-21/h1-2,10-18H,3-9H2/t10?,11?,12?,13-,14-,15-,16+,17-,18-,21?/m1/s1. The van der Waals surface area contributed by atoms with E-state index in [1.54, 1.807) is 0 Å². The van der Waals surface area contributed by atoms with E-state index in [1.165, 1.54) is 25.7 Å². The van der Waals surface area contributed by atoms with Crippen LogP contribution >= 0.6 is 0 Å². The summed E-state index contributed by atoms with van der Waals surface area (Å²) in [5.41, 5.74) is -0.0795. The third-order valence-electron chi connectivity index (χ3n) is 9.14. The Hall–Kier alpha value is -1.12. The average Bonchev–Trinajstić information content (AvgIpc) is 3.30. The molecule has 0 aromatic rings. The molecule has 0 spiro atoms. The highest BCUT2D eigenvalue weighted by molar-refractivity contribution is 6.07. The fourth-order valence-electron chi connectivity index (χ4n) is 8.76. The number of nitrogens with zero attached hydrogens (tertiary/aromatic N) is 1. The van der Waals surface area contributed by atoms with Gasteiger partial charge in [-0.2, -0.15) is 0 Å². The zero-order valence-corrected chi connectivity index (χ0v) is 14.1. The van der Waals surface area contributed by atoms with Crippen molar-refractivity contribution in [2.75, 3.05) is 0 Å². The lowest BCUT2D eigenvalue weighted by atomic mass is 9.52. The van der Waals surface area contributed by atoms with Crippen LogP contribution in [-0.4, -0.2) is 22.3 Å². The molecular formula is C21H25NO2. The summed E-state index contributed by atoms with van der Waals surface area (Å²) >= 11 is 0. The number of rotatable bonds is 1. The molecular weight excluding hydrogens is 298 g/mol. The second kappa shape index (κ2) is 3.83. The van der Waals surface area contributed by atoms with Gasteiger partial charge in [0.25, 0.3) is 0 Å². The predicted molar refractivity (Wildman–Crippen MR) is 87.5 cm³/mol. The van der Waals surface area contributed by atoms with Gasteiger partial charge in [0.1, 0.15) is 0 Å². The van der Waals surface area contributed by atoms with Crippen LogP contribution in [-0.2, 0) is 9.59 Å². The minimum atomic E-state index is -0.0795. The van der Waals surface area contributed by atoms with Crippen molar-refractivity contribution < 1.29 is 9.59 Å². The molecule has 6 saturated carbocycles. The van der Waals surface area contributed by atoms with Gasteiger partial charge in [-0.3, -0.25) is 14.5 Å². The van der Waals surface area contributed by atoms with Crippen LogP contribution in [0.1, 0.15) is 44.9 Å². The van der Waals surface area contributed by atoms with Crippen molar-refractivity contribution in [1.29, 1.82) is 0 Å². The van der Waals surface area contributed by atoms with Crippen LogP contribution in [0, 0.1) is 53.3 Å². The molecule has 9 aliphatic rings. The summed E-state index contributed by atoms with van der Waals surface area (Å²) in [6.45, 7) is 0. The molecule has 1 aliphatic heterocycles. The van der Waals surface area contributed by atoms with Crippen molar-refractivity contribution in [3.8, 4) is 0 Å². The minimum absolute atomic E-state index is 0.00394. The maximum atomic E-state index is 13.5. The van der Waals surface area contributed by atoms with Gasteiger partial charge in [0, 0.05) is 0 Å². The topological polar surface area (TPSA) is 37.4 Å². The van der Waals surface area contributed by atoms with Gasteiger partial charge in [0.15, 0.2) is 0 Å². The molecule has 3 nitrogen and oxygen atoms in total. The van der Waals surface area contributed by atoms with Gasteiger partial charge >= 0.3 is 0 Å². The first-order valence-electron chi connectivity index (χ1n) is 10.2. The van der Waals surface area contributed by atoms with E-state index in [1.807, 2.05) is 4.90 Å². The minimum Gasteiger partial charge on any atom is -0.276 e. The van der Waals surface area contributed by atoms with Gasteiger partial charge in [0.05, 0.1) is 17.4 Å². The normalized spacial score (nSPS) is 61.5. The Balaban J connectivity index is 1.32. The Labute approximate surface area is 142 Å². The molecule has 0 N–H and O–H groups in total. The van der Waals surface area contributed by atoms with E-state index in [0.29, 0.717) is 23.7 Å². The highest BCUT2D eigenvalue weighted by Crippen LogP contribution is 2.67. The fraction of sp³-hybridized carbons (Fsp3) is 0.810. The van der Waals surface area contributed by atoms with Crippen molar-refractivity contribution in [2.24, 2.45) is 53.3 Å². The van der Waals surface area contributed by atoms with E-state index >= 15 is 0 Å². The number of likely N-dealkylation sites (tertiary alicyclic amines) is 1. The molecule has 3 heteroatoms. The number of carbonyl (C=O) groups excluding carboxylic acids is 2. The Morgan fingerprint density at radius 2 is 1.21 bits per heavy atom. The van der Waals surface area contributed by atoms with Crippen LogP contribution < -0.4 is 0 Å². The number of carbonyl (C=O) groups is 2.